The molecule has 0 fully saturated rings. The molecule has 0 saturated carbocycles. The van der Waals surface area contributed by atoms with Crippen LogP contribution in [0.2, 0.25) is 0 Å². The van der Waals surface area contributed by atoms with Gasteiger partial charge in [0, 0.05) is 17.8 Å². The third-order valence-electron chi connectivity index (χ3n) is 4.35. The van der Waals surface area contributed by atoms with Crippen LogP contribution in [0.5, 0.6) is 5.75 Å². The number of nitrogens with one attached hydrogen (secondary N) is 1. The number of anilines is 1. The van der Waals surface area contributed by atoms with Gasteiger partial charge in [0.25, 0.3) is 5.91 Å². The summed E-state index contributed by atoms with van der Waals surface area (Å²) in [7, 11) is 0. The first-order chi connectivity index (χ1) is 12.4. The van der Waals surface area contributed by atoms with Crippen molar-refractivity contribution in [1.82, 2.24) is 10.3 Å². The molecule has 1 aromatic carbocycles. The molecule has 0 bridgehead atoms. The normalized spacial score (nSPS) is 17.5. The smallest absolute Gasteiger partial charge is 0.267 e. The van der Waals surface area contributed by atoms with Gasteiger partial charge in [-0.2, -0.15) is 0 Å². The Morgan fingerprint density at radius 3 is 2.81 bits per heavy atom. The van der Waals surface area contributed by atoms with E-state index >= 15 is 0 Å². The average molecular weight is 373 g/mol. The van der Waals surface area contributed by atoms with Gasteiger partial charge in [0.15, 0.2) is 6.10 Å². The van der Waals surface area contributed by atoms with E-state index in [1.165, 1.54) is 0 Å². The lowest BCUT2D eigenvalue weighted by Gasteiger charge is -2.32. The Kier molecular flexibility index (Phi) is 5.27. The number of carbonyl (C=O) groups is 2. The largest absolute Gasteiger partial charge is 0.479 e. The monoisotopic (exact) mass is 373 g/mol. The molecule has 0 spiro atoms. The van der Waals surface area contributed by atoms with Gasteiger partial charge in [-0.15, -0.1) is 11.3 Å². The second kappa shape index (κ2) is 7.45. The highest BCUT2D eigenvalue weighted by Crippen LogP contribution is 2.33. The highest BCUT2D eigenvalue weighted by Gasteiger charge is 2.31. The van der Waals surface area contributed by atoms with Crippen LogP contribution in [0.15, 0.2) is 24.3 Å². The lowest BCUT2D eigenvalue weighted by Crippen LogP contribution is -2.45. The summed E-state index contributed by atoms with van der Waals surface area (Å²) in [6.45, 7) is 7.91. The number of fused-ring (bicyclic) bond motifs is 1. The molecule has 3 rings (SSSR count). The number of nitrogens with zero attached hydrogens (tertiary/aromatic N) is 2. The zero-order chi connectivity index (χ0) is 18.8. The summed E-state index contributed by atoms with van der Waals surface area (Å²) in [5.74, 6) is 0.454. The lowest BCUT2D eigenvalue weighted by molar-refractivity contribution is -0.125. The number of para-hydroxylation sites is 2. The van der Waals surface area contributed by atoms with Crippen LogP contribution in [-0.4, -0.2) is 29.4 Å². The molecule has 1 N–H and O–H groups in total. The van der Waals surface area contributed by atoms with Crippen LogP contribution < -0.4 is 15.0 Å². The Hall–Kier alpha value is -2.41. The Balaban J connectivity index is 1.64. The first-order valence-electron chi connectivity index (χ1n) is 8.67. The summed E-state index contributed by atoms with van der Waals surface area (Å²) in [5.41, 5.74) is 1.66. The van der Waals surface area contributed by atoms with Gasteiger partial charge in [-0.1, -0.05) is 12.1 Å². The summed E-state index contributed by atoms with van der Waals surface area (Å²) in [6.07, 6.45) is -0.316. The molecule has 1 aliphatic rings. The minimum atomic E-state index is -0.547. The lowest BCUT2D eigenvalue weighted by atomic mass is 10.1. The maximum atomic E-state index is 12.5. The number of aromatic nitrogens is 1. The van der Waals surface area contributed by atoms with Crippen molar-refractivity contribution in [2.45, 2.75) is 46.3 Å². The number of amides is 2. The SMILES string of the molecule is Cc1nc(C)c([C@@H](C)NC(=O)CCN2C(=O)[C@@H](C)Oc3ccccc32)s1. The number of thiazole rings is 1. The van der Waals surface area contributed by atoms with Crippen molar-refractivity contribution in [3.8, 4) is 5.75 Å². The van der Waals surface area contributed by atoms with Gasteiger partial charge in [-0.05, 0) is 39.8 Å². The van der Waals surface area contributed by atoms with Crippen LogP contribution in [-0.2, 0) is 9.59 Å². The molecule has 0 aliphatic carbocycles. The predicted molar refractivity (Wildman–Crippen MR) is 102 cm³/mol. The minimum absolute atomic E-state index is 0.0904. The topological polar surface area (TPSA) is 71.5 Å². The summed E-state index contributed by atoms with van der Waals surface area (Å²) in [6, 6.07) is 7.30. The van der Waals surface area contributed by atoms with Gasteiger partial charge in [-0.3, -0.25) is 9.59 Å². The predicted octanol–water partition coefficient (Wildman–Crippen LogP) is 3.14. The van der Waals surface area contributed by atoms with Crippen molar-refractivity contribution in [2.75, 3.05) is 11.4 Å². The van der Waals surface area contributed by atoms with Gasteiger partial charge in [0.05, 0.1) is 22.4 Å². The number of hydrogen-bond acceptors (Lipinski definition) is 5. The number of rotatable bonds is 5. The Labute approximate surface area is 157 Å². The average Bonchev–Trinajstić information content (AvgIpc) is 2.94. The van der Waals surface area contributed by atoms with Crippen molar-refractivity contribution >= 4 is 28.8 Å². The van der Waals surface area contributed by atoms with Crippen molar-refractivity contribution in [3.05, 3.63) is 39.8 Å². The van der Waals surface area contributed by atoms with Crippen LogP contribution in [0.1, 0.15) is 41.9 Å². The van der Waals surface area contributed by atoms with Crippen molar-refractivity contribution in [2.24, 2.45) is 0 Å². The van der Waals surface area contributed by atoms with E-state index in [1.54, 1.807) is 23.2 Å². The van der Waals surface area contributed by atoms with Crippen LogP contribution in [0, 0.1) is 13.8 Å². The Bertz CT molecular complexity index is 833. The molecule has 0 unspecified atom stereocenters. The van der Waals surface area contributed by atoms with E-state index in [1.807, 2.05) is 45.0 Å². The van der Waals surface area contributed by atoms with Gasteiger partial charge in [0.1, 0.15) is 5.75 Å². The molecule has 26 heavy (non-hydrogen) atoms. The van der Waals surface area contributed by atoms with E-state index in [2.05, 4.69) is 10.3 Å². The summed E-state index contributed by atoms with van der Waals surface area (Å²) in [5, 5.41) is 3.99. The fourth-order valence-electron chi connectivity index (χ4n) is 3.13. The second-order valence-corrected chi connectivity index (χ2v) is 7.67. The Morgan fingerprint density at radius 2 is 2.12 bits per heavy atom. The Morgan fingerprint density at radius 1 is 1.38 bits per heavy atom. The molecule has 2 aromatic rings. The second-order valence-electron chi connectivity index (χ2n) is 6.44. The van der Waals surface area contributed by atoms with Crippen molar-refractivity contribution in [3.63, 3.8) is 0 Å². The molecule has 138 valence electrons. The zero-order valence-electron chi connectivity index (χ0n) is 15.4. The van der Waals surface area contributed by atoms with E-state index < -0.39 is 6.10 Å². The third-order valence-corrected chi connectivity index (χ3v) is 5.60. The molecule has 1 aliphatic heterocycles. The van der Waals surface area contributed by atoms with Crippen LogP contribution in [0.3, 0.4) is 0 Å². The van der Waals surface area contributed by atoms with Gasteiger partial charge < -0.3 is 15.0 Å². The van der Waals surface area contributed by atoms with E-state index in [-0.39, 0.29) is 24.3 Å². The fourth-order valence-corrected chi connectivity index (χ4v) is 4.06. The first-order valence-corrected chi connectivity index (χ1v) is 9.49. The van der Waals surface area contributed by atoms with E-state index in [4.69, 9.17) is 4.74 Å². The third kappa shape index (κ3) is 3.72. The van der Waals surface area contributed by atoms with E-state index in [0.717, 1.165) is 15.6 Å². The molecule has 2 heterocycles. The number of aryl methyl sites for hydroxylation is 2. The van der Waals surface area contributed by atoms with Crippen molar-refractivity contribution in [1.29, 1.82) is 0 Å². The highest BCUT2D eigenvalue weighted by atomic mass is 32.1. The maximum absolute atomic E-state index is 12.5. The summed E-state index contributed by atoms with van der Waals surface area (Å²) >= 11 is 1.60. The van der Waals surface area contributed by atoms with Crippen molar-refractivity contribution < 1.29 is 14.3 Å². The van der Waals surface area contributed by atoms with Crippen LogP contribution in [0.25, 0.3) is 0 Å². The van der Waals surface area contributed by atoms with Gasteiger partial charge in [-0.25, -0.2) is 4.98 Å². The van der Waals surface area contributed by atoms with Crippen LogP contribution in [0.4, 0.5) is 5.69 Å². The van der Waals surface area contributed by atoms with Crippen LogP contribution >= 0.6 is 11.3 Å². The molecule has 0 radical (unpaired) electrons. The highest BCUT2D eigenvalue weighted by molar-refractivity contribution is 7.11. The molecule has 2 amide bonds. The van der Waals surface area contributed by atoms with Gasteiger partial charge >= 0.3 is 0 Å². The van der Waals surface area contributed by atoms with Gasteiger partial charge in [0.2, 0.25) is 5.91 Å². The standard InChI is InChI=1S/C19H23N3O3S/c1-11-18(26-14(4)20-11)12(2)21-17(23)9-10-22-15-7-5-6-8-16(15)25-13(3)19(22)24/h5-8,12-13H,9-10H2,1-4H3,(H,21,23)/t12-,13-/m1/s1. The molecule has 1 aromatic heterocycles. The fraction of sp³-hybridized carbons (Fsp3) is 0.421. The number of ether oxygens (including phenoxy) is 1. The maximum Gasteiger partial charge on any atom is 0.267 e. The zero-order valence-corrected chi connectivity index (χ0v) is 16.2. The molecule has 0 saturated heterocycles. The number of hydrogen-bond donors (Lipinski definition) is 1. The molecular weight excluding hydrogens is 350 g/mol. The quantitative estimate of drug-likeness (QED) is 0.874. The van der Waals surface area contributed by atoms with E-state index in [9.17, 15) is 9.59 Å². The summed E-state index contributed by atoms with van der Waals surface area (Å²) in [4.78, 5) is 32.0. The summed E-state index contributed by atoms with van der Waals surface area (Å²) < 4.78 is 5.62. The molecule has 2 atom stereocenters. The first kappa shape index (κ1) is 18.4. The molecular formula is C19H23N3O3S. The molecule has 7 heteroatoms. The minimum Gasteiger partial charge on any atom is -0.479 e. The number of benzene rings is 1. The van der Waals surface area contributed by atoms with E-state index in [0.29, 0.717) is 18.0 Å². The molecule has 6 nitrogen and oxygen atoms in total. The number of carbonyl (C=O) groups excluding carboxylic acids is 2.